The molecule has 0 N–H and O–H groups in total. The number of ether oxygens (including phenoxy) is 1. The Labute approximate surface area is 108 Å². The van der Waals surface area contributed by atoms with Gasteiger partial charge in [-0.25, -0.2) is 0 Å². The average molecular weight is 274 g/mol. The van der Waals surface area contributed by atoms with Crippen molar-refractivity contribution < 1.29 is 4.74 Å². The molecule has 0 spiro atoms. The number of nitrogens with zero attached hydrogens (tertiary/aromatic N) is 1. The van der Waals surface area contributed by atoms with Gasteiger partial charge in [-0.2, -0.15) is 4.37 Å². The molecule has 0 amide bonds. The van der Waals surface area contributed by atoms with Crippen LogP contribution in [0.1, 0.15) is 11.1 Å². The molecule has 0 saturated heterocycles. The molecule has 0 aliphatic carbocycles. The minimum Gasteiger partial charge on any atom is -0.443 e. The van der Waals surface area contributed by atoms with E-state index < -0.39 is 0 Å². The molecule has 1 heterocycles. The maximum atomic E-state index is 5.94. The predicted octanol–water partition coefficient (Wildman–Crippen LogP) is 4.86. The predicted molar refractivity (Wildman–Crippen MR) is 68.1 cm³/mol. The zero-order valence-corrected chi connectivity index (χ0v) is 11.1. The van der Waals surface area contributed by atoms with E-state index in [0.717, 1.165) is 28.4 Å². The number of rotatable bonds is 2. The van der Waals surface area contributed by atoms with Crippen LogP contribution in [0.25, 0.3) is 0 Å². The minimum atomic E-state index is 0.284. The molecule has 0 unspecified atom stereocenters. The second kappa shape index (κ2) is 4.62. The molecule has 16 heavy (non-hydrogen) atoms. The normalized spacial score (nSPS) is 10.5. The van der Waals surface area contributed by atoms with Crippen molar-refractivity contribution in [2.24, 2.45) is 0 Å². The van der Waals surface area contributed by atoms with Gasteiger partial charge in [0, 0.05) is 11.5 Å². The fourth-order valence-electron chi connectivity index (χ4n) is 1.23. The first-order valence-corrected chi connectivity index (χ1v) is 6.16. The van der Waals surface area contributed by atoms with Gasteiger partial charge in [0.05, 0.1) is 0 Å². The molecule has 2 rings (SSSR count). The lowest BCUT2D eigenvalue weighted by atomic mass is 10.1. The van der Waals surface area contributed by atoms with Crippen molar-refractivity contribution in [1.29, 1.82) is 0 Å². The average Bonchev–Trinajstić information content (AvgIpc) is 2.55. The number of hydrogen-bond donors (Lipinski definition) is 0. The van der Waals surface area contributed by atoms with Crippen LogP contribution in [0.4, 0.5) is 0 Å². The van der Waals surface area contributed by atoms with Gasteiger partial charge >= 0.3 is 0 Å². The van der Waals surface area contributed by atoms with Crippen molar-refractivity contribution in [2.75, 3.05) is 0 Å². The maximum absolute atomic E-state index is 5.94. The van der Waals surface area contributed by atoms with E-state index in [9.17, 15) is 0 Å². The highest BCUT2D eigenvalue weighted by Crippen LogP contribution is 2.39. The third-order valence-corrected chi connectivity index (χ3v) is 3.78. The third kappa shape index (κ3) is 2.32. The highest BCUT2D eigenvalue weighted by molar-refractivity contribution is 7.09. The van der Waals surface area contributed by atoms with Gasteiger partial charge in [0.2, 0.25) is 5.06 Å². The van der Waals surface area contributed by atoms with E-state index in [4.69, 9.17) is 27.9 Å². The van der Waals surface area contributed by atoms with Crippen molar-refractivity contribution >= 4 is 34.7 Å². The minimum absolute atomic E-state index is 0.284. The summed E-state index contributed by atoms with van der Waals surface area (Å²) in [5.74, 6) is 0.780. The van der Waals surface area contributed by atoms with Crippen LogP contribution in [0.2, 0.25) is 10.2 Å². The van der Waals surface area contributed by atoms with Crippen molar-refractivity contribution in [3.63, 3.8) is 0 Å². The first-order chi connectivity index (χ1) is 7.58. The molecule has 0 bridgehead atoms. The molecule has 5 heteroatoms. The van der Waals surface area contributed by atoms with Gasteiger partial charge in [-0.3, -0.25) is 0 Å². The van der Waals surface area contributed by atoms with E-state index in [-0.39, 0.29) is 5.15 Å². The molecule has 0 fully saturated rings. The van der Waals surface area contributed by atoms with Crippen LogP contribution >= 0.6 is 34.7 Å². The fraction of sp³-hybridized carbons (Fsp3) is 0.182. The highest BCUT2D eigenvalue weighted by atomic mass is 35.5. The monoisotopic (exact) mass is 273 g/mol. The van der Waals surface area contributed by atoms with E-state index in [0.29, 0.717) is 10.1 Å². The van der Waals surface area contributed by atoms with E-state index in [1.54, 1.807) is 0 Å². The van der Waals surface area contributed by atoms with Gasteiger partial charge in [0.25, 0.3) is 0 Å². The largest absolute Gasteiger partial charge is 0.443 e. The zero-order valence-electron chi connectivity index (χ0n) is 8.75. The summed E-state index contributed by atoms with van der Waals surface area (Å²) < 4.78 is 9.60. The second-order valence-corrected chi connectivity index (χ2v) is 4.92. The molecular formula is C11H9Cl2NOS. The molecule has 0 radical (unpaired) electrons. The number of benzene rings is 1. The molecule has 0 aliphatic rings. The molecule has 1 aromatic carbocycles. The van der Waals surface area contributed by atoms with E-state index in [1.807, 2.05) is 32.0 Å². The Morgan fingerprint density at radius 2 is 2.00 bits per heavy atom. The quantitative estimate of drug-likeness (QED) is 0.780. The second-order valence-electron chi connectivity index (χ2n) is 3.45. The smallest absolute Gasteiger partial charge is 0.220 e. The van der Waals surface area contributed by atoms with Crippen molar-refractivity contribution in [3.8, 4) is 10.8 Å². The Kier molecular flexibility index (Phi) is 3.38. The summed E-state index contributed by atoms with van der Waals surface area (Å²) in [4.78, 5) is 0. The Morgan fingerprint density at radius 1 is 1.25 bits per heavy atom. The summed E-state index contributed by atoms with van der Waals surface area (Å²) in [6.45, 7) is 3.98. The molecule has 1 aromatic heterocycles. The topological polar surface area (TPSA) is 22.1 Å². The molecule has 2 aromatic rings. The lowest BCUT2D eigenvalue weighted by molar-refractivity contribution is 0.492. The van der Waals surface area contributed by atoms with E-state index in [2.05, 4.69) is 4.37 Å². The fourth-order valence-corrected chi connectivity index (χ4v) is 2.26. The summed E-state index contributed by atoms with van der Waals surface area (Å²) in [6, 6.07) is 5.99. The van der Waals surface area contributed by atoms with Crippen molar-refractivity contribution in [1.82, 2.24) is 4.37 Å². The molecule has 0 atom stereocenters. The molecule has 84 valence electrons. The summed E-state index contributed by atoms with van der Waals surface area (Å²) in [6.07, 6.45) is 0. The van der Waals surface area contributed by atoms with Crippen LogP contribution < -0.4 is 4.74 Å². The summed E-state index contributed by atoms with van der Waals surface area (Å²) in [5.41, 5.74) is 2.18. The summed E-state index contributed by atoms with van der Waals surface area (Å²) in [5, 5.41) is 1.18. The molecule has 0 saturated carbocycles. The highest BCUT2D eigenvalue weighted by Gasteiger charge is 2.12. The van der Waals surface area contributed by atoms with Crippen LogP contribution in [0.3, 0.4) is 0 Å². The van der Waals surface area contributed by atoms with E-state index in [1.165, 1.54) is 0 Å². The number of aromatic nitrogens is 1. The third-order valence-electron chi connectivity index (χ3n) is 2.12. The van der Waals surface area contributed by atoms with Gasteiger partial charge in [-0.15, -0.1) is 0 Å². The van der Waals surface area contributed by atoms with E-state index >= 15 is 0 Å². The Hall–Kier alpha value is -0.770. The van der Waals surface area contributed by atoms with Gasteiger partial charge in [-0.05, 0) is 31.0 Å². The van der Waals surface area contributed by atoms with Crippen molar-refractivity contribution in [2.45, 2.75) is 13.8 Å². The van der Waals surface area contributed by atoms with Gasteiger partial charge in [-0.1, -0.05) is 35.3 Å². The SMILES string of the molecule is Cc1ccc(C)c(Oc2snc(Cl)c2Cl)c1. The van der Waals surface area contributed by atoms with Gasteiger partial charge in [0.1, 0.15) is 10.8 Å². The first kappa shape index (κ1) is 11.7. The molecule has 2 nitrogen and oxygen atoms in total. The van der Waals surface area contributed by atoms with Crippen molar-refractivity contribution in [3.05, 3.63) is 39.5 Å². The van der Waals surface area contributed by atoms with Crippen LogP contribution in [0.5, 0.6) is 10.8 Å². The Morgan fingerprint density at radius 3 is 2.62 bits per heavy atom. The lowest BCUT2D eigenvalue weighted by Crippen LogP contribution is -1.86. The number of aryl methyl sites for hydroxylation is 2. The van der Waals surface area contributed by atoms with Gasteiger partial charge in [0.15, 0.2) is 5.15 Å². The zero-order chi connectivity index (χ0) is 11.7. The van der Waals surface area contributed by atoms with Crippen LogP contribution in [-0.4, -0.2) is 4.37 Å². The standard InChI is InChI=1S/C11H9Cl2NOS/c1-6-3-4-7(2)8(5-6)15-11-9(12)10(13)14-16-11/h3-5H,1-2H3. The first-order valence-electron chi connectivity index (χ1n) is 4.63. The number of hydrogen-bond acceptors (Lipinski definition) is 3. The summed E-state index contributed by atoms with van der Waals surface area (Å²) >= 11 is 12.8. The number of halogens is 2. The van der Waals surface area contributed by atoms with Crippen LogP contribution in [0, 0.1) is 13.8 Å². The van der Waals surface area contributed by atoms with Gasteiger partial charge < -0.3 is 4.74 Å². The summed E-state index contributed by atoms with van der Waals surface area (Å²) in [7, 11) is 0. The van der Waals surface area contributed by atoms with Crippen LogP contribution in [-0.2, 0) is 0 Å². The lowest BCUT2D eigenvalue weighted by Gasteiger charge is -2.07. The van der Waals surface area contributed by atoms with Crippen LogP contribution in [0.15, 0.2) is 18.2 Å². The Balaban J connectivity index is 2.33. The molecular weight excluding hydrogens is 265 g/mol. The maximum Gasteiger partial charge on any atom is 0.220 e. The Bertz CT molecular complexity index is 525. The molecule has 0 aliphatic heterocycles.